The number of aromatic nitrogens is 2. The summed E-state index contributed by atoms with van der Waals surface area (Å²) >= 11 is 0. The maximum atomic E-state index is 13.0. The Morgan fingerprint density at radius 3 is 2.67 bits per heavy atom. The highest BCUT2D eigenvalue weighted by Crippen LogP contribution is 2.32. The summed E-state index contributed by atoms with van der Waals surface area (Å²) in [4.78, 5) is 18.0. The molecule has 0 aliphatic carbocycles. The Bertz CT molecular complexity index is 903. The molecule has 0 saturated heterocycles. The van der Waals surface area contributed by atoms with Gasteiger partial charge in [-0.3, -0.25) is 0 Å². The number of carbonyl (C=O) groups is 1. The number of nitrogens with one attached hydrogen (secondary N) is 2. The number of hydrogen-bond donors (Lipinski definition) is 3. The average Bonchev–Trinajstić information content (AvgIpc) is 2.94. The number of H-pyrrole nitrogens is 1. The quantitative estimate of drug-likeness (QED) is 0.676. The number of aromatic amines is 1. The zero-order chi connectivity index (χ0) is 17.3. The van der Waals surface area contributed by atoms with E-state index in [2.05, 4.69) is 15.3 Å². The number of halogens is 3. The van der Waals surface area contributed by atoms with Crippen molar-refractivity contribution in [3.63, 3.8) is 0 Å². The van der Waals surface area contributed by atoms with E-state index in [1.54, 1.807) is 0 Å². The number of benzene rings is 2. The van der Waals surface area contributed by atoms with Crippen LogP contribution in [0.25, 0.3) is 11.0 Å². The first-order valence-electron chi connectivity index (χ1n) is 6.96. The van der Waals surface area contributed by atoms with Crippen molar-refractivity contribution in [1.82, 2.24) is 9.97 Å². The SMILES string of the molecule is O=C(O)c1ccc2nc(NCc3ccccc3C(F)(F)F)[nH]c2c1. The van der Waals surface area contributed by atoms with E-state index in [0.29, 0.717) is 11.0 Å². The van der Waals surface area contributed by atoms with Gasteiger partial charge in [-0.2, -0.15) is 13.2 Å². The van der Waals surface area contributed by atoms with Crippen LogP contribution in [0.3, 0.4) is 0 Å². The Kier molecular flexibility index (Phi) is 3.88. The molecule has 0 fully saturated rings. The molecule has 124 valence electrons. The number of fused-ring (bicyclic) bond motifs is 1. The van der Waals surface area contributed by atoms with Crippen molar-refractivity contribution < 1.29 is 23.1 Å². The van der Waals surface area contributed by atoms with E-state index in [9.17, 15) is 18.0 Å². The molecule has 0 atom stereocenters. The molecule has 0 radical (unpaired) electrons. The molecular weight excluding hydrogens is 323 g/mol. The minimum absolute atomic E-state index is 0.0682. The minimum Gasteiger partial charge on any atom is -0.478 e. The fourth-order valence-electron chi connectivity index (χ4n) is 2.36. The number of rotatable bonds is 4. The molecule has 1 heterocycles. The molecular formula is C16H12F3N3O2. The highest BCUT2D eigenvalue weighted by molar-refractivity contribution is 5.92. The van der Waals surface area contributed by atoms with Gasteiger partial charge in [-0.15, -0.1) is 0 Å². The fraction of sp³-hybridized carbons (Fsp3) is 0.125. The summed E-state index contributed by atoms with van der Waals surface area (Å²) < 4.78 is 38.9. The fourth-order valence-corrected chi connectivity index (χ4v) is 2.36. The third-order valence-corrected chi connectivity index (χ3v) is 3.50. The Morgan fingerprint density at radius 2 is 1.96 bits per heavy atom. The summed E-state index contributed by atoms with van der Waals surface area (Å²) in [5, 5.41) is 11.8. The summed E-state index contributed by atoms with van der Waals surface area (Å²) in [6.07, 6.45) is -4.43. The van der Waals surface area contributed by atoms with Crippen LogP contribution < -0.4 is 5.32 Å². The zero-order valence-electron chi connectivity index (χ0n) is 12.2. The van der Waals surface area contributed by atoms with Crippen LogP contribution >= 0.6 is 0 Å². The van der Waals surface area contributed by atoms with Crippen molar-refractivity contribution >= 4 is 23.0 Å². The number of anilines is 1. The third kappa shape index (κ3) is 3.17. The Morgan fingerprint density at radius 1 is 1.21 bits per heavy atom. The highest BCUT2D eigenvalue weighted by Gasteiger charge is 2.32. The maximum Gasteiger partial charge on any atom is 0.416 e. The van der Waals surface area contributed by atoms with E-state index in [4.69, 9.17) is 5.11 Å². The summed E-state index contributed by atoms with van der Waals surface area (Å²) in [6, 6.07) is 9.64. The van der Waals surface area contributed by atoms with Gasteiger partial charge in [0, 0.05) is 6.54 Å². The second kappa shape index (κ2) is 5.88. The van der Waals surface area contributed by atoms with Crippen molar-refractivity contribution in [2.45, 2.75) is 12.7 Å². The lowest BCUT2D eigenvalue weighted by atomic mass is 10.1. The Balaban J connectivity index is 1.83. The largest absolute Gasteiger partial charge is 0.478 e. The van der Waals surface area contributed by atoms with Gasteiger partial charge in [-0.1, -0.05) is 18.2 Å². The second-order valence-corrected chi connectivity index (χ2v) is 5.13. The van der Waals surface area contributed by atoms with E-state index < -0.39 is 17.7 Å². The first-order chi connectivity index (χ1) is 11.3. The molecule has 0 bridgehead atoms. The van der Waals surface area contributed by atoms with Crippen LogP contribution in [0, 0.1) is 0 Å². The molecule has 0 spiro atoms. The van der Waals surface area contributed by atoms with Crippen molar-refractivity contribution in [3.8, 4) is 0 Å². The molecule has 0 aliphatic rings. The number of imidazole rings is 1. The van der Waals surface area contributed by atoms with E-state index in [0.717, 1.165) is 6.07 Å². The van der Waals surface area contributed by atoms with Gasteiger partial charge in [0.25, 0.3) is 0 Å². The van der Waals surface area contributed by atoms with Gasteiger partial charge in [0.05, 0.1) is 22.2 Å². The number of hydrogen-bond acceptors (Lipinski definition) is 3. The first kappa shape index (κ1) is 15.9. The Labute approximate surface area is 134 Å². The predicted octanol–water partition coefficient (Wildman–Crippen LogP) is 3.89. The highest BCUT2D eigenvalue weighted by atomic mass is 19.4. The predicted molar refractivity (Wildman–Crippen MR) is 81.8 cm³/mol. The lowest BCUT2D eigenvalue weighted by Gasteiger charge is -2.12. The summed E-state index contributed by atoms with van der Waals surface area (Å²) in [5.41, 5.74) is 0.492. The molecule has 0 aliphatic heterocycles. The van der Waals surface area contributed by atoms with Crippen LogP contribution in [0.1, 0.15) is 21.5 Å². The number of carboxylic acids is 1. The molecule has 3 N–H and O–H groups in total. The summed E-state index contributed by atoms with van der Waals surface area (Å²) in [5.74, 6) is -0.801. The lowest BCUT2D eigenvalue weighted by molar-refractivity contribution is -0.138. The lowest BCUT2D eigenvalue weighted by Crippen LogP contribution is -2.12. The number of carboxylic acid groups (broad SMARTS) is 1. The average molecular weight is 335 g/mol. The standard InChI is InChI=1S/C16H12F3N3O2/c17-16(18,19)11-4-2-1-3-10(11)8-20-15-21-12-6-5-9(14(23)24)7-13(12)22-15/h1-7H,8H2,(H,23,24)(H2,20,21,22). The molecule has 0 unspecified atom stereocenters. The molecule has 8 heteroatoms. The number of aromatic carboxylic acids is 1. The Hall–Kier alpha value is -3.03. The van der Waals surface area contributed by atoms with Crippen molar-refractivity contribution in [2.24, 2.45) is 0 Å². The molecule has 1 aromatic heterocycles. The minimum atomic E-state index is -4.43. The normalized spacial score (nSPS) is 11.6. The van der Waals surface area contributed by atoms with Crippen LogP contribution in [-0.2, 0) is 12.7 Å². The van der Waals surface area contributed by atoms with Crippen LogP contribution in [0.4, 0.5) is 19.1 Å². The molecule has 2 aromatic carbocycles. The molecule has 0 saturated carbocycles. The molecule has 5 nitrogen and oxygen atoms in total. The van der Waals surface area contributed by atoms with Gasteiger partial charge in [0.15, 0.2) is 0 Å². The molecule has 3 aromatic rings. The van der Waals surface area contributed by atoms with Crippen LogP contribution in [-0.4, -0.2) is 21.0 Å². The number of alkyl halides is 3. The van der Waals surface area contributed by atoms with E-state index in [1.807, 2.05) is 0 Å². The van der Waals surface area contributed by atoms with Crippen LogP contribution in [0.15, 0.2) is 42.5 Å². The van der Waals surface area contributed by atoms with Gasteiger partial charge < -0.3 is 15.4 Å². The van der Waals surface area contributed by atoms with Crippen LogP contribution in [0.2, 0.25) is 0 Å². The van der Waals surface area contributed by atoms with E-state index >= 15 is 0 Å². The van der Waals surface area contributed by atoms with Crippen LogP contribution in [0.5, 0.6) is 0 Å². The van der Waals surface area contributed by atoms with Crippen molar-refractivity contribution in [1.29, 1.82) is 0 Å². The third-order valence-electron chi connectivity index (χ3n) is 3.50. The van der Waals surface area contributed by atoms with Gasteiger partial charge in [0.2, 0.25) is 5.95 Å². The summed E-state index contributed by atoms with van der Waals surface area (Å²) in [7, 11) is 0. The van der Waals surface area contributed by atoms with Gasteiger partial charge in [0.1, 0.15) is 0 Å². The van der Waals surface area contributed by atoms with Gasteiger partial charge >= 0.3 is 12.1 Å². The zero-order valence-corrected chi connectivity index (χ0v) is 12.2. The van der Waals surface area contributed by atoms with Crippen molar-refractivity contribution in [2.75, 3.05) is 5.32 Å². The van der Waals surface area contributed by atoms with E-state index in [-0.39, 0.29) is 23.6 Å². The monoisotopic (exact) mass is 335 g/mol. The van der Waals surface area contributed by atoms with Crippen molar-refractivity contribution in [3.05, 3.63) is 59.2 Å². The van der Waals surface area contributed by atoms with Gasteiger partial charge in [-0.05, 0) is 29.8 Å². The second-order valence-electron chi connectivity index (χ2n) is 5.13. The first-order valence-corrected chi connectivity index (χ1v) is 6.96. The molecule has 24 heavy (non-hydrogen) atoms. The van der Waals surface area contributed by atoms with Gasteiger partial charge in [-0.25, -0.2) is 9.78 Å². The molecule has 3 rings (SSSR count). The summed E-state index contributed by atoms with van der Waals surface area (Å²) in [6.45, 7) is -0.0682. The topological polar surface area (TPSA) is 78.0 Å². The number of nitrogens with zero attached hydrogens (tertiary/aromatic N) is 1. The maximum absolute atomic E-state index is 13.0. The smallest absolute Gasteiger partial charge is 0.416 e. The van der Waals surface area contributed by atoms with E-state index in [1.165, 1.54) is 36.4 Å². The molecule has 0 amide bonds.